The normalized spacial score (nSPS) is 18.0. The first-order valence-corrected chi connectivity index (χ1v) is 8.13. The van der Waals surface area contributed by atoms with Crippen molar-refractivity contribution in [2.75, 3.05) is 6.61 Å². The molecule has 114 valence electrons. The molecule has 0 atom stereocenters. The second kappa shape index (κ2) is 6.56. The van der Waals surface area contributed by atoms with E-state index in [0.717, 1.165) is 17.7 Å². The average molecular weight is 308 g/mol. The second-order valence-electron chi connectivity index (χ2n) is 5.87. The molecule has 3 rings (SSSR count). The molecule has 1 saturated carbocycles. The van der Waals surface area contributed by atoms with Crippen LogP contribution >= 0.6 is 11.6 Å². The van der Waals surface area contributed by atoms with Crippen LogP contribution < -0.4 is 15.4 Å². The number of fused-ring (bicyclic) bond motifs is 1. The molecule has 5 heteroatoms. The van der Waals surface area contributed by atoms with Crippen LogP contribution in [0.2, 0.25) is 5.02 Å². The van der Waals surface area contributed by atoms with E-state index in [4.69, 9.17) is 21.7 Å². The summed E-state index contributed by atoms with van der Waals surface area (Å²) in [6.45, 7) is 1.33. The summed E-state index contributed by atoms with van der Waals surface area (Å²) < 4.78 is 5.50. The van der Waals surface area contributed by atoms with Gasteiger partial charge >= 0.3 is 0 Å². The third-order valence-electron chi connectivity index (χ3n) is 4.22. The van der Waals surface area contributed by atoms with Crippen molar-refractivity contribution in [2.24, 2.45) is 0 Å². The minimum absolute atomic E-state index is 0.412. The molecule has 2 aliphatic rings. The maximum absolute atomic E-state index is 8.00. The Morgan fingerprint density at radius 2 is 2.10 bits per heavy atom. The number of hydrogen-bond donors (Lipinski definition) is 3. The monoisotopic (exact) mass is 307 g/mol. The van der Waals surface area contributed by atoms with E-state index in [2.05, 4.69) is 16.7 Å². The van der Waals surface area contributed by atoms with Crippen LogP contribution in [0.1, 0.15) is 43.2 Å². The van der Waals surface area contributed by atoms with Gasteiger partial charge in [0.15, 0.2) is 5.96 Å². The van der Waals surface area contributed by atoms with Crippen LogP contribution in [0.4, 0.5) is 0 Å². The van der Waals surface area contributed by atoms with Crippen LogP contribution in [-0.4, -0.2) is 18.6 Å². The fourth-order valence-electron chi connectivity index (χ4n) is 3.12. The first-order valence-electron chi connectivity index (χ1n) is 7.75. The van der Waals surface area contributed by atoms with Gasteiger partial charge in [0.2, 0.25) is 0 Å². The molecular weight excluding hydrogens is 286 g/mol. The van der Waals surface area contributed by atoms with Crippen LogP contribution in [0, 0.1) is 5.41 Å². The molecule has 0 spiro atoms. The van der Waals surface area contributed by atoms with Gasteiger partial charge in [-0.15, -0.1) is 0 Å². The molecule has 0 aromatic heterocycles. The molecule has 1 fully saturated rings. The molecule has 1 aliphatic carbocycles. The predicted molar refractivity (Wildman–Crippen MR) is 85.2 cm³/mol. The number of benzene rings is 1. The molecule has 1 heterocycles. The highest BCUT2D eigenvalue weighted by atomic mass is 35.5. The molecule has 0 saturated heterocycles. The zero-order valence-corrected chi connectivity index (χ0v) is 12.9. The minimum Gasteiger partial charge on any atom is -0.491 e. The zero-order chi connectivity index (χ0) is 14.7. The maximum Gasteiger partial charge on any atom is 0.188 e. The molecule has 0 amide bonds. The number of ether oxygens (including phenoxy) is 1. The molecule has 4 nitrogen and oxygen atoms in total. The van der Waals surface area contributed by atoms with E-state index in [0.29, 0.717) is 30.2 Å². The Balaban J connectivity index is 1.52. The standard InChI is InChI=1S/C16H22ClN3O/c17-14-9-11(8-12-6-7-21-15(12)14)10-19-16(18)20-13-4-2-1-3-5-13/h8-9,13H,1-7,10H2,(H3,18,19,20). The lowest BCUT2D eigenvalue weighted by Crippen LogP contribution is -2.43. The summed E-state index contributed by atoms with van der Waals surface area (Å²) in [5.74, 6) is 1.24. The van der Waals surface area contributed by atoms with Crippen molar-refractivity contribution in [1.29, 1.82) is 5.41 Å². The van der Waals surface area contributed by atoms with Crippen LogP contribution in [0.15, 0.2) is 12.1 Å². The van der Waals surface area contributed by atoms with Crippen molar-refractivity contribution in [3.63, 3.8) is 0 Å². The Bertz CT molecular complexity index is 526. The van der Waals surface area contributed by atoms with Gasteiger partial charge in [-0.3, -0.25) is 5.41 Å². The van der Waals surface area contributed by atoms with Crippen molar-refractivity contribution in [3.8, 4) is 5.75 Å². The van der Waals surface area contributed by atoms with Gasteiger partial charge in [-0.05, 0) is 30.0 Å². The Kier molecular flexibility index (Phi) is 4.54. The summed E-state index contributed by atoms with van der Waals surface area (Å²) in [5.41, 5.74) is 2.27. The van der Waals surface area contributed by atoms with Gasteiger partial charge in [0.1, 0.15) is 5.75 Å². The van der Waals surface area contributed by atoms with Gasteiger partial charge in [-0.2, -0.15) is 0 Å². The fraction of sp³-hybridized carbons (Fsp3) is 0.562. The highest BCUT2D eigenvalue weighted by molar-refractivity contribution is 6.32. The van der Waals surface area contributed by atoms with Gasteiger partial charge < -0.3 is 15.4 Å². The van der Waals surface area contributed by atoms with Gasteiger partial charge in [-0.1, -0.05) is 36.9 Å². The minimum atomic E-state index is 0.412. The second-order valence-corrected chi connectivity index (χ2v) is 6.28. The summed E-state index contributed by atoms with van der Waals surface area (Å²) in [6, 6.07) is 4.50. The SMILES string of the molecule is N=C(NCc1cc(Cl)c2c(c1)CCO2)NC1CCCCC1. The van der Waals surface area contributed by atoms with Crippen LogP contribution in [-0.2, 0) is 13.0 Å². The Labute approximate surface area is 130 Å². The highest BCUT2D eigenvalue weighted by Gasteiger charge is 2.17. The summed E-state index contributed by atoms with van der Waals surface area (Å²) in [4.78, 5) is 0. The van der Waals surface area contributed by atoms with Crippen LogP contribution in [0.25, 0.3) is 0 Å². The topological polar surface area (TPSA) is 57.1 Å². The zero-order valence-electron chi connectivity index (χ0n) is 12.2. The molecular formula is C16H22ClN3O. The van der Waals surface area contributed by atoms with Crippen molar-refractivity contribution >= 4 is 17.6 Å². The quantitative estimate of drug-likeness (QED) is 0.593. The van der Waals surface area contributed by atoms with E-state index in [1.54, 1.807) is 0 Å². The van der Waals surface area contributed by atoms with E-state index < -0.39 is 0 Å². The Morgan fingerprint density at radius 3 is 2.90 bits per heavy atom. The molecule has 21 heavy (non-hydrogen) atoms. The van der Waals surface area contributed by atoms with E-state index >= 15 is 0 Å². The summed E-state index contributed by atoms with van der Waals surface area (Å²) in [6.07, 6.45) is 7.13. The predicted octanol–water partition coefficient (Wildman–Crippen LogP) is 3.22. The maximum atomic E-state index is 8.00. The summed E-state index contributed by atoms with van der Waals surface area (Å²) >= 11 is 6.22. The van der Waals surface area contributed by atoms with Crippen molar-refractivity contribution in [1.82, 2.24) is 10.6 Å². The van der Waals surface area contributed by atoms with Gasteiger partial charge in [0, 0.05) is 19.0 Å². The number of halogens is 1. The number of guanidine groups is 1. The van der Waals surface area contributed by atoms with Crippen molar-refractivity contribution < 1.29 is 4.74 Å². The van der Waals surface area contributed by atoms with Crippen LogP contribution in [0.3, 0.4) is 0 Å². The first kappa shape index (κ1) is 14.5. The van der Waals surface area contributed by atoms with E-state index in [9.17, 15) is 0 Å². The van der Waals surface area contributed by atoms with Gasteiger partial charge in [0.25, 0.3) is 0 Å². The largest absolute Gasteiger partial charge is 0.491 e. The van der Waals surface area contributed by atoms with Gasteiger partial charge in [0.05, 0.1) is 11.6 Å². The lowest BCUT2D eigenvalue weighted by molar-refractivity contribution is 0.357. The van der Waals surface area contributed by atoms with E-state index in [1.165, 1.54) is 37.7 Å². The molecule has 1 aromatic rings. The molecule has 0 bridgehead atoms. The molecule has 1 aliphatic heterocycles. The molecule has 0 radical (unpaired) electrons. The lowest BCUT2D eigenvalue weighted by Gasteiger charge is -2.24. The number of rotatable bonds is 3. The third kappa shape index (κ3) is 3.62. The van der Waals surface area contributed by atoms with E-state index in [-0.39, 0.29) is 0 Å². The Hall–Kier alpha value is -1.42. The van der Waals surface area contributed by atoms with Crippen LogP contribution in [0.5, 0.6) is 5.75 Å². The first-order chi connectivity index (χ1) is 10.2. The molecule has 3 N–H and O–H groups in total. The summed E-state index contributed by atoms with van der Waals surface area (Å²) in [7, 11) is 0. The Morgan fingerprint density at radius 1 is 1.29 bits per heavy atom. The van der Waals surface area contributed by atoms with Crippen molar-refractivity contribution in [2.45, 2.75) is 51.1 Å². The third-order valence-corrected chi connectivity index (χ3v) is 4.50. The lowest BCUT2D eigenvalue weighted by atomic mass is 9.96. The van der Waals surface area contributed by atoms with Gasteiger partial charge in [-0.25, -0.2) is 0 Å². The molecule has 1 aromatic carbocycles. The number of hydrogen-bond acceptors (Lipinski definition) is 2. The highest BCUT2D eigenvalue weighted by Crippen LogP contribution is 2.34. The smallest absolute Gasteiger partial charge is 0.188 e. The average Bonchev–Trinajstić information content (AvgIpc) is 2.95. The molecule has 0 unspecified atom stereocenters. The fourth-order valence-corrected chi connectivity index (χ4v) is 3.43. The van der Waals surface area contributed by atoms with Crippen molar-refractivity contribution in [3.05, 3.63) is 28.3 Å². The summed E-state index contributed by atoms with van der Waals surface area (Å²) in [5, 5.41) is 15.1. The van der Waals surface area contributed by atoms with E-state index in [1.807, 2.05) is 6.07 Å². The number of nitrogens with one attached hydrogen (secondary N) is 3.